The molecule has 1 heterocycles. The summed E-state index contributed by atoms with van der Waals surface area (Å²) in [5.41, 5.74) is 1.36. The fourth-order valence-corrected chi connectivity index (χ4v) is 2.07. The quantitative estimate of drug-likeness (QED) is 0.604. The molecule has 2 N–H and O–H groups in total. The molecule has 0 spiro atoms. The summed E-state index contributed by atoms with van der Waals surface area (Å²) >= 11 is 6.08. The van der Waals surface area contributed by atoms with E-state index >= 15 is 0 Å². The van der Waals surface area contributed by atoms with Crippen molar-refractivity contribution in [1.82, 2.24) is 9.97 Å². The van der Waals surface area contributed by atoms with Crippen LogP contribution in [0.5, 0.6) is 0 Å². The maximum atomic E-state index is 11.4. The minimum atomic E-state index is -0.497. The van der Waals surface area contributed by atoms with E-state index in [0.29, 0.717) is 10.7 Å². The molecule has 2 rings (SSSR count). The molecule has 0 bridgehead atoms. The number of anilines is 3. The fourth-order valence-electron chi connectivity index (χ4n) is 1.89. The molecule has 122 valence electrons. The van der Waals surface area contributed by atoms with Crippen LogP contribution in [-0.4, -0.2) is 20.9 Å². The Labute approximate surface area is 139 Å². The van der Waals surface area contributed by atoms with Crippen LogP contribution >= 0.6 is 11.6 Å². The number of nitrogens with one attached hydrogen (secondary N) is 2. The van der Waals surface area contributed by atoms with Gasteiger partial charge >= 0.3 is 5.69 Å². The molecule has 0 saturated carbocycles. The van der Waals surface area contributed by atoms with Gasteiger partial charge in [-0.05, 0) is 38.0 Å². The highest BCUT2D eigenvalue weighted by Gasteiger charge is 2.24. The molecular weight excluding hydrogens is 318 g/mol. The van der Waals surface area contributed by atoms with Gasteiger partial charge in [-0.25, -0.2) is 9.97 Å². The molecule has 8 heteroatoms. The maximum Gasteiger partial charge on any atom is 0.353 e. The third-order valence-corrected chi connectivity index (χ3v) is 3.84. The molecule has 0 aliphatic carbocycles. The Balaban J connectivity index is 2.39. The zero-order valence-electron chi connectivity index (χ0n) is 13.1. The van der Waals surface area contributed by atoms with Crippen molar-refractivity contribution in [3.05, 3.63) is 45.2 Å². The van der Waals surface area contributed by atoms with Crippen molar-refractivity contribution in [1.29, 1.82) is 0 Å². The largest absolute Gasteiger partial charge is 0.362 e. The lowest BCUT2D eigenvalue weighted by molar-refractivity contribution is -0.383. The Bertz CT molecular complexity index is 723. The van der Waals surface area contributed by atoms with Gasteiger partial charge < -0.3 is 10.6 Å². The fraction of sp³-hybridized carbons (Fsp3) is 0.333. The predicted octanol–water partition coefficient (Wildman–Crippen LogP) is 4.30. The summed E-state index contributed by atoms with van der Waals surface area (Å²) in [5.74, 6) is 0.316. The van der Waals surface area contributed by atoms with Crippen molar-refractivity contribution in [2.24, 2.45) is 0 Å². The van der Waals surface area contributed by atoms with Crippen LogP contribution < -0.4 is 10.6 Å². The lowest BCUT2D eigenvalue weighted by atomic mass is 10.2. The average Bonchev–Trinajstić information content (AvgIpc) is 2.50. The lowest BCUT2D eigenvalue weighted by Gasteiger charge is -2.14. The van der Waals surface area contributed by atoms with Crippen LogP contribution in [0.3, 0.4) is 0 Å². The van der Waals surface area contributed by atoms with Gasteiger partial charge in [0, 0.05) is 16.8 Å². The first-order chi connectivity index (χ1) is 10.9. The van der Waals surface area contributed by atoms with Crippen LogP contribution in [0.15, 0.2) is 24.5 Å². The number of rotatable bonds is 6. The smallest absolute Gasteiger partial charge is 0.353 e. The Morgan fingerprint density at radius 2 is 2.04 bits per heavy atom. The number of nitrogens with zero attached hydrogens (tertiary/aromatic N) is 3. The van der Waals surface area contributed by atoms with Crippen molar-refractivity contribution < 1.29 is 4.92 Å². The zero-order chi connectivity index (χ0) is 17.0. The molecular formula is C15H18ClN5O2. The van der Waals surface area contributed by atoms with Crippen molar-refractivity contribution in [2.75, 3.05) is 10.6 Å². The number of hydrogen-bond acceptors (Lipinski definition) is 6. The summed E-state index contributed by atoms with van der Waals surface area (Å²) in [6, 6.07) is 5.38. The monoisotopic (exact) mass is 335 g/mol. The van der Waals surface area contributed by atoms with Crippen LogP contribution in [0.2, 0.25) is 5.02 Å². The van der Waals surface area contributed by atoms with E-state index in [2.05, 4.69) is 20.6 Å². The van der Waals surface area contributed by atoms with E-state index in [1.165, 1.54) is 6.33 Å². The molecule has 0 saturated heterocycles. The van der Waals surface area contributed by atoms with E-state index < -0.39 is 4.92 Å². The minimum Gasteiger partial charge on any atom is -0.362 e. The van der Waals surface area contributed by atoms with Crippen molar-refractivity contribution in [2.45, 2.75) is 33.2 Å². The number of aryl methyl sites for hydroxylation is 1. The predicted molar refractivity (Wildman–Crippen MR) is 91.5 cm³/mol. The van der Waals surface area contributed by atoms with Crippen molar-refractivity contribution >= 4 is 34.6 Å². The molecule has 0 radical (unpaired) electrons. The third-order valence-electron chi connectivity index (χ3n) is 3.43. The molecule has 1 unspecified atom stereocenters. The van der Waals surface area contributed by atoms with Crippen LogP contribution in [0.4, 0.5) is 23.0 Å². The molecule has 0 aliphatic heterocycles. The van der Waals surface area contributed by atoms with Gasteiger partial charge in [-0.15, -0.1) is 0 Å². The van der Waals surface area contributed by atoms with Gasteiger partial charge in [0.1, 0.15) is 6.33 Å². The summed E-state index contributed by atoms with van der Waals surface area (Å²) < 4.78 is 0. The normalized spacial score (nSPS) is 11.8. The van der Waals surface area contributed by atoms with Crippen molar-refractivity contribution in [3.8, 4) is 0 Å². The summed E-state index contributed by atoms with van der Waals surface area (Å²) in [6.07, 6.45) is 2.10. The Morgan fingerprint density at radius 1 is 1.35 bits per heavy atom. The Kier molecular flexibility index (Phi) is 5.33. The van der Waals surface area contributed by atoms with Crippen LogP contribution in [0, 0.1) is 17.0 Å². The zero-order valence-corrected chi connectivity index (χ0v) is 13.9. The van der Waals surface area contributed by atoms with Gasteiger partial charge in [0.05, 0.1) is 4.92 Å². The molecule has 0 amide bonds. The number of hydrogen-bond donors (Lipinski definition) is 2. The van der Waals surface area contributed by atoms with Crippen LogP contribution in [-0.2, 0) is 0 Å². The molecule has 1 atom stereocenters. The van der Waals surface area contributed by atoms with E-state index in [1.54, 1.807) is 12.1 Å². The van der Waals surface area contributed by atoms with E-state index in [9.17, 15) is 10.1 Å². The van der Waals surface area contributed by atoms with E-state index in [-0.39, 0.29) is 23.4 Å². The summed E-state index contributed by atoms with van der Waals surface area (Å²) in [6.45, 7) is 5.80. The first-order valence-electron chi connectivity index (χ1n) is 7.21. The Hall–Kier alpha value is -2.41. The molecule has 1 aromatic heterocycles. The summed E-state index contributed by atoms with van der Waals surface area (Å²) in [7, 11) is 0. The second-order valence-electron chi connectivity index (χ2n) is 5.22. The first kappa shape index (κ1) is 17.0. The molecule has 7 nitrogen and oxygen atoms in total. The van der Waals surface area contributed by atoms with Gasteiger partial charge in [0.25, 0.3) is 0 Å². The standard InChI is InChI=1S/C15H18ClN5O2/c1-4-10(3)19-14-13(21(22)23)15(18-8-17-14)20-11-6-5-9(2)12(16)7-11/h5-8,10H,4H2,1-3H3,(H2,17,18,19,20). The van der Waals surface area contributed by atoms with Gasteiger partial charge in [0.15, 0.2) is 0 Å². The van der Waals surface area contributed by atoms with Gasteiger partial charge in [0.2, 0.25) is 11.6 Å². The van der Waals surface area contributed by atoms with Crippen molar-refractivity contribution in [3.63, 3.8) is 0 Å². The minimum absolute atomic E-state index is 0.0604. The van der Waals surface area contributed by atoms with Gasteiger partial charge in [-0.2, -0.15) is 0 Å². The number of benzene rings is 1. The Morgan fingerprint density at radius 3 is 2.65 bits per heavy atom. The molecule has 0 fully saturated rings. The third kappa shape index (κ3) is 4.07. The van der Waals surface area contributed by atoms with Gasteiger partial charge in [-0.1, -0.05) is 24.6 Å². The SMILES string of the molecule is CCC(C)Nc1ncnc(Nc2ccc(C)c(Cl)c2)c1[N+](=O)[O-]. The van der Waals surface area contributed by atoms with Gasteiger partial charge in [-0.3, -0.25) is 10.1 Å². The second kappa shape index (κ2) is 7.23. The van der Waals surface area contributed by atoms with Crippen LogP contribution in [0.1, 0.15) is 25.8 Å². The molecule has 0 aliphatic rings. The summed E-state index contributed by atoms with van der Waals surface area (Å²) in [4.78, 5) is 18.9. The maximum absolute atomic E-state index is 11.4. The highest BCUT2D eigenvalue weighted by atomic mass is 35.5. The van der Waals surface area contributed by atoms with E-state index in [1.807, 2.05) is 26.8 Å². The molecule has 23 heavy (non-hydrogen) atoms. The van der Waals surface area contributed by atoms with E-state index in [4.69, 9.17) is 11.6 Å². The molecule has 2 aromatic rings. The highest BCUT2D eigenvalue weighted by molar-refractivity contribution is 6.31. The second-order valence-corrected chi connectivity index (χ2v) is 5.63. The first-order valence-corrected chi connectivity index (χ1v) is 7.59. The average molecular weight is 336 g/mol. The summed E-state index contributed by atoms with van der Waals surface area (Å²) in [5, 5.41) is 18.0. The van der Waals surface area contributed by atoms with Crippen LogP contribution in [0.25, 0.3) is 0 Å². The number of halogens is 1. The topological polar surface area (TPSA) is 93.0 Å². The number of aromatic nitrogens is 2. The number of nitro groups is 1. The molecule has 1 aromatic carbocycles. The lowest BCUT2D eigenvalue weighted by Crippen LogP contribution is -2.16. The van der Waals surface area contributed by atoms with E-state index in [0.717, 1.165) is 12.0 Å². The highest BCUT2D eigenvalue weighted by Crippen LogP contribution is 2.32.